The third-order valence-corrected chi connectivity index (χ3v) is 4.19. The number of hydrogen-bond acceptors (Lipinski definition) is 7. The van der Waals surface area contributed by atoms with Crippen LogP contribution in [0.1, 0.15) is 19.4 Å². The summed E-state index contributed by atoms with van der Waals surface area (Å²) in [4.78, 5) is 33.5. The highest BCUT2D eigenvalue weighted by Gasteiger charge is 2.47. The quantitative estimate of drug-likeness (QED) is 0.328. The monoisotopic (exact) mass is 352 g/mol. The first-order valence-corrected chi connectivity index (χ1v) is 7.81. The molecule has 0 radical (unpaired) electrons. The number of ether oxygens (including phenoxy) is 2. The number of carbonyl (C=O) groups is 2. The van der Waals surface area contributed by atoms with Crippen molar-refractivity contribution in [3.63, 3.8) is 0 Å². The van der Waals surface area contributed by atoms with Gasteiger partial charge in [-0.2, -0.15) is 0 Å². The number of nitro groups is 1. The first kappa shape index (κ1) is 18.7. The summed E-state index contributed by atoms with van der Waals surface area (Å²) in [5, 5.41) is 22.4. The number of nitrogens with one attached hydrogen (secondary N) is 1. The molecule has 1 amide bonds. The van der Waals surface area contributed by atoms with Gasteiger partial charge in [0.2, 0.25) is 5.91 Å². The Labute approximate surface area is 144 Å². The number of rotatable bonds is 7. The number of nitro benzene ring substituents is 1. The molecule has 2 N–H and O–H groups in total. The molecule has 9 heteroatoms. The van der Waals surface area contributed by atoms with Gasteiger partial charge in [-0.05, 0) is 24.6 Å². The predicted molar refractivity (Wildman–Crippen MR) is 85.5 cm³/mol. The molecule has 0 bridgehead atoms. The van der Waals surface area contributed by atoms with E-state index in [1.807, 2.05) is 0 Å². The van der Waals surface area contributed by atoms with Gasteiger partial charge < -0.3 is 19.9 Å². The van der Waals surface area contributed by atoms with Gasteiger partial charge in [-0.15, -0.1) is 0 Å². The molecule has 2 rings (SSSR count). The van der Waals surface area contributed by atoms with E-state index in [4.69, 9.17) is 9.47 Å². The molecule has 0 unspecified atom stereocenters. The van der Waals surface area contributed by atoms with Crippen molar-refractivity contribution < 1.29 is 29.1 Å². The van der Waals surface area contributed by atoms with Gasteiger partial charge >= 0.3 is 6.16 Å². The molecule has 1 aliphatic heterocycles. The number of nitrogens with zero attached hydrogens (tertiary/aromatic N) is 1. The number of carbonyl (C=O) groups excluding carboxylic acids is 2. The van der Waals surface area contributed by atoms with Crippen LogP contribution in [0, 0.1) is 22.0 Å². The highest BCUT2D eigenvalue weighted by Crippen LogP contribution is 2.27. The van der Waals surface area contributed by atoms with Crippen LogP contribution in [0.4, 0.5) is 10.5 Å². The summed E-state index contributed by atoms with van der Waals surface area (Å²) in [5.74, 6) is -0.917. The first-order chi connectivity index (χ1) is 11.8. The van der Waals surface area contributed by atoms with Gasteiger partial charge in [0, 0.05) is 30.7 Å². The van der Waals surface area contributed by atoms with Crippen molar-refractivity contribution in [2.45, 2.75) is 32.6 Å². The maximum absolute atomic E-state index is 11.8. The van der Waals surface area contributed by atoms with E-state index in [0.717, 1.165) is 0 Å². The summed E-state index contributed by atoms with van der Waals surface area (Å²) >= 11 is 0. The average molecular weight is 352 g/mol. The Bertz CT molecular complexity index is 646. The van der Waals surface area contributed by atoms with Crippen LogP contribution in [0.3, 0.4) is 0 Å². The fourth-order valence-electron chi connectivity index (χ4n) is 2.65. The number of amides is 1. The average Bonchev–Trinajstić information content (AvgIpc) is 2.57. The smallest absolute Gasteiger partial charge is 0.430 e. The number of non-ortho nitro benzene ring substituents is 1. The molecular weight excluding hydrogens is 332 g/mol. The first-order valence-electron chi connectivity index (χ1n) is 7.81. The summed E-state index contributed by atoms with van der Waals surface area (Å²) in [5.41, 5.74) is 0.517. The summed E-state index contributed by atoms with van der Waals surface area (Å²) in [6.45, 7) is 3.19. The Morgan fingerprint density at radius 1 is 1.36 bits per heavy atom. The van der Waals surface area contributed by atoms with Gasteiger partial charge in [0.05, 0.1) is 10.8 Å². The molecule has 0 aromatic heterocycles. The van der Waals surface area contributed by atoms with E-state index in [2.05, 4.69) is 5.32 Å². The molecule has 1 aromatic rings. The Hall–Kier alpha value is -2.68. The Morgan fingerprint density at radius 3 is 2.52 bits per heavy atom. The molecule has 1 saturated heterocycles. The lowest BCUT2D eigenvalue weighted by molar-refractivity contribution is -0.384. The molecular formula is C16H20N2O7. The van der Waals surface area contributed by atoms with Crippen LogP contribution in [0.15, 0.2) is 24.3 Å². The van der Waals surface area contributed by atoms with Crippen LogP contribution < -0.4 is 5.32 Å². The van der Waals surface area contributed by atoms with Crippen molar-refractivity contribution in [1.29, 1.82) is 0 Å². The normalized spacial score (nSPS) is 21.5. The molecule has 1 heterocycles. The van der Waals surface area contributed by atoms with Gasteiger partial charge in [-0.3, -0.25) is 14.9 Å². The lowest BCUT2D eigenvalue weighted by atomic mass is 9.79. The molecule has 1 fully saturated rings. The molecule has 9 nitrogen and oxygen atoms in total. The summed E-state index contributed by atoms with van der Waals surface area (Å²) in [6.07, 6.45) is -1.63. The number of aliphatic hydroxyl groups excluding tert-OH is 1. The lowest BCUT2D eigenvalue weighted by Crippen LogP contribution is -2.65. The van der Waals surface area contributed by atoms with Crippen molar-refractivity contribution >= 4 is 17.7 Å². The second-order valence-corrected chi connectivity index (χ2v) is 6.01. The maximum atomic E-state index is 11.8. The molecule has 0 aliphatic carbocycles. The maximum Gasteiger partial charge on any atom is 0.508 e. The van der Waals surface area contributed by atoms with Gasteiger partial charge in [0.25, 0.3) is 5.69 Å². The van der Waals surface area contributed by atoms with Crippen LogP contribution in [0.5, 0.6) is 0 Å². The molecule has 4 atom stereocenters. The standard InChI is InChI=1S/C16H20N2O7/c1-9(7-19)14-13(15(20)17-14)10(2)25-16(21)24-8-11-3-5-12(6-4-11)18(22)23/h3-6,9-10,13-14,19H,7-8H2,1-2H3,(H,17,20)/t9-,10-,13-,14-/m1/s1. The van der Waals surface area contributed by atoms with Crippen molar-refractivity contribution in [3.8, 4) is 0 Å². The summed E-state index contributed by atoms with van der Waals surface area (Å²) in [7, 11) is 0. The summed E-state index contributed by atoms with van der Waals surface area (Å²) < 4.78 is 10.1. The molecule has 1 aromatic carbocycles. The van der Waals surface area contributed by atoms with E-state index in [0.29, 0.717) is 5.56 Å². The van der Waals surface area contributed by atoms with Gasteiger partial charge in [-0.1, -0.05) is 6.92 Å². The van der Waals surface area contributed by atoms with E-state index >= 15 is 0 Å². The number of benzene rings is 1. The van der Waals surface area contributed by atoms with Crippen molar-refractivity contribution in [2.75, 3.05) is 6.61 Å². The van der Waals surface area contributed by atoms with Gasteiger partial charge in [0.1, 0.15) is 12.7 Å². The van der Waals surface area contributed by atoms with E-state index in [9.17, 15) is 24.8 Å². The van der Waals surface area contributed by atoms with Crippen LogP contribution in [-0.2, 0) is 20.9 Å². The highest BCUT2D eigenvalue weighted by atomic mass is 16.7. The summed E-state index contributed by atoms with van der Waals surface area (Å²) in [6, 6.07) is 5.33. The zero-order valence-electron chi connectivity index (χ0n) is 13.9. The van der Waals surface area contributed by atoms with Crippen LogP contribution in [-0.4, -0.2) is 40.8 Å². The SMILES string of the molecule is C[C@H](CO)[C@H]1NC(=O)[C@@H]1[C@@H](C)OC(=O)OCc1ccc([N+](=O)[O-])cc1. The van der Waals surface area contributed by atoms with Crippen molar-refractivity contribution in [3.05, 3.63) is 39.9 Å². The third-order valence-electron chi connectivity index (χ3n) is 4.19. The number of aliphatic hydroxyl groups is 1. The van der Waals surface area contributed by atoms with Crippen LogP contribution in [0.25, 0.3) is 0 Å². The Kier molecular flexibility index (Phi) is 5.92. The largest absolute Gasteiger partial charge is 0.508 e. The Morgan fingerprint density at radius 2 is 2.00 bits per heavy atom. The van der Waals surface area contributed by atoms with Crippen molar-refractivity contribution in [2.24, 2.45) is 11.8 Å². The predicted octanol–water partition coefficient (Wildman–Crippen LogP) is 1.38. The molecule has 25 heavy (non-hydrogen) atoms. The Balaban J connectivity index is 1.83. The second-order valence-electron chi connectivity index (χ2n) is 6.01. The molecule has 136 valence electrons. The van der Waals surface area contributed by atoms with Crippen LogP contribution in [0.2, 0.25) is 0 Å². The third kappa shape index (κ3) is 4.44. The number of hydrogen-bond donors (Lipinski definition) is 2. The van der Waals surface area contributed by atoms with E-state index in [-0.39, 0.29) is 36.8 Å². The molecule has 0 saturated carbocycles. The zero-order valence-corrected chi connectivity index (χ0v) is 13.9. The van der Waals surface area contributed by atoms with E-state index in [1.54, 1.807) is 13.8 Å². The molecule has 0 spiro atoms. The fraction of sp³-hybridized carbons (Fsp3) is 0.500. The van der Waals surface area contributed by atoms with E-state index < -0.39 is 23.1 Å². The lowest BCUT2D eigenvalue weighted by Gasteiger charge is -2.42. The van der Waals surface area contributed by atoms with Gasteiger partial charge in [-0.25, -0.2) is 4.79 Å². The van der Waals surface area contributed by atoms with Crippen molar-refractivity contribution in [1.82, 2.24) is 5.32 Å². The second kappa shape index (κ2) is 7.93. The minimum absolute atomic E-state index is 0.0556. The van der Waals surface area contributed by atoms with Gasteiger partial charge in [0.15, 0.2) is 0 Å². The highest BCUT2D eigenvalue weighted by molar-refractivity contribution is 5.86. The number of β-lactam (4-membered cyclic amide) rings is 1. The minimum atomic E-state index is -0.930. The van der Waals surface area contributed by atoms with Crippen LogP contribution >= 0.6 is 0 Å². The van der Waals surface area contributed by atoms with E-state index in [1.165, 1.54) is 24.3 Å². The molecule has 1 aliphatic rings. The topological polar surface area (TPSA) is 128 Å². The fourth-order valence-corrected chi connectivity index (χ4v) is 2.65. The minimum Gasteiger partial charge on any atom is -0.430 e. The zero-order chi connectivity index (χ0) is 18.6.